The molecule has 0 aliphatic heterocycles. The highest BCUT2D eigenvalue weighted by molar-refractivity contribution is 9.11. The Kier molecular flexibility index (Phi) is 7.01. The van der Waals surface area contributed by atoms with Crippen molar-refractivity contribution in [3.05, 3.63) is 57.0 Å². The van der Waals surface area contributed by atoms with Gasteiger partial charge in [0.05, 0.1) is 16.1 Å². The van der Waals surface area contributed by atoms with Crippen molar-refractivity contribution in [2.24, 2.45) is 0 Å². The third kappa shape index (κ3) is 6.17. The van der Waals surface area contributed by atoms with Crippen LogP contribution in [0.5, 0.6) is 11.5 Å². The minimum absolute atomic E-state index is 0.194. The number of rotatable bonds is 6. The molecule has 7 heteroatoms. The highest BCUT2D eigenvalue weighted by atomic mass is 79.9. The van der Waals surface area contributed by atoms with E-state index in [1.54, 1.807) is 38.1 Å². The summed E-state index contributed by atoms with van der Waals surface area (Å²) < 4.78 is 17.3. The molecule has 132 valence electrons. The molecular weight excluding hydrogens is 456 g/mol. The summed E-state index contributed by atoms with van der Waals surface area (Å²) in [5.74, 6) is -0.111. The van der Waals surface area contributed by atoms with Crippen LogP contribution in [0.3, 0.4) is 0 Å². The summed E-state index contributed by atoms with van der Waals surface area (Å²) in [6.07, 6.45) is -0.194. The van der Waals surface area contributed by atoms with Crippen LogP contribution in [0.25, 0.3) is 0 Å². The fourth-order valence-electron chi connectivity index (χ4n) is 1.83. The maximum atomic E-state index is 11.9. The zero-order chi connectivity index (χ0) is 18.4. The lowest BCUT2D eigenvalue weighted by molar-refractivity contribution is -0.136. The molecule has 0 atom stereocenters. The summed E-state index contributed by atoms with van der Waals surface area (Å²) in [4.78, 5) is 23.6. The molecule has 0 saturated heterocycles. The van der Waals surface area contributed by atoms with Gasteiger partial charge in [-0.25, -0.2) is 9.59 Å². The molecule has 0 aromatic heterocycles. The first-order valence-corrected chi connectivity index (χ1v) is 9.03. The van der Waals surface area contributed by atoms with E-state index in [0.717, 1.165) is 8.95 Å². The van der Waals surface area contributed by atoms with E-state index >= 15 is 0 Å². The van der Waals surface area contributed by atoms with Gasteiger partial charge in [0.2, 0.25) is 0 Å². The zero-order valence-corrected chi connectivity index (χ0v) is 16.8. The first kappa shape index (κ1) is 19.5. The molecule has 0 aliphatic carbocycles. The molecule has 0 radical (unpaired) electrons. The topological polar surface area (TPSA) is 61.8 Å². The van der Waals surface area contributed by atoms with E-state index in [1.807, 2.05) is 6.07 Å². The number of hydrogen-bond acceptors (Lipinski definition) is 5. The van der Waals surface area contributed by atoms with Gasteiger partial charge in [0.1, 0.15) is 11.5 Å². The van der Waals surface area contributed by atoms with Crippen LogP contribution in [0.1, 0.15) is 24.2 Å². The number of benzene rings is 2. The third-order valence-corrected chi connectivity index (χ3v) is 4.02. The Labute approximate surface area is 162 Å². The van der Waals surface area contributed by atoms with Crippen molar-refractivity contribution in [1.82, 2.24) is 0 Å². The Morgan fingerprint density at radius 3 is 2.32 bits per heavy atom. The minimum atomic E-state index is -0.549. The smallest absolute Gasteiger partial charge is 0.349 e. The summed E-state index contributed by atoms with van der Waals surface area (Å²) in [6.45, 7) is 3.31. The molecule has 0 amide bonds. The number of carbonyl (C=O) groups excluding carboxylic acids is 2. The van der Waals surface area contributed by atoms with Gasteiger partial charge in [-0.05, 0) is 72.2 Å². The summed E-state index contributed by atoms with van der Waals surface area (Å²) >= 11 is 6.69. The lowest BCUT2D eigenvalue weighted by Crippen LogP contribution is -2.18. The molecule has 0 N–H and O–H groups in total. The Hall–Kier alpha value is -1.86. The summed E-state index contributed by atoms with van der Waals surface area (Å²) in [7, 11) is 0. The average molecular weight is 472 g/mol. The van der Waals surface area contributed by atoms with Crippen LogP contribution in [0.2, 0.25) is 0 Å². The van der Waals surface area contributed by atoms with Gasteiger partial charge in [-0.1, -0.05) is 15.9 Å². The van der Waals surface area contributed by atoms with Gasteiger partial charge in [0.15, 0.2) is 6.61 Å². The first-order valence-electron chi connectivity index (χ1n) is 7.44. The standard InChI is InChI=1S/C18H16Br2O5/c1-11(2)24-18(22)12-3-6-14(7-4-12)25-17(21)10-23-16-8-5-13(19)9-15(16)20/h3-9,11H,10H2,1-2H3. The van der Waals surface area contributed by atoms with Crippen molar-refractivity contribution < 1.29 is 23.8 Å². The van der Waals surface area contributed by atoms with Crippen molar-refractivity contribution in [1.29, 1.82) is 0 Å². The molecule has 0 saturated carbocycles. The maximum Gasteiger partial charge on any atom is 0.349 e. The van der Waals surface area contributed by atoms with Crippen molar-refractivity contribution in [3.8, 4) is 11.5 Å². The third-order valence-electron chi connectivity index (χ3n) is 2.90. The normalized spacial score (nSPS) is 10.4. The Balaban J connectivity index is 1.89. The van der Waals surface area contributed by atoms with Crippen LogP contribution in [0.4, 0.5) is 0 Å². The van der Waals surface area contributed by atoms with Gasteiger partial charge >= 0.3 is 11.9 Å². The lowest BCUT2D eigenvalue weighted by atomic mass is 10.2. The van der Waals surface area contributed by atoms with E-state index < -0.39 is 11.9 Å². The van der Waals surface area contributed by atoms with Crippen LogP contribution < -0.4 is 9.47 Å². The Morgan fingerprint density at radius 1 is 1.04 bits per heavy atom. The van der Waals surface area contributed by atoms with Crippen LogP contribution in [0, 0.1) is 0 Å². The number of hydrogen-bond donors (Lipinski definition) is 0. The number of halogens is 2. The zero-order valence-electron chi connectivity index (χ0n) is 13.6. The number of esters is 2. The van der Waals surface area contributed by atoms with Crippen LogP contribution in [-0.4, -0.2) is 24.6 Å². The lowest BCUT2D eigenvalue weighted by Gasteiger charge is -2.10. The largest absolute Gasteiger partial charge is 0.481 e. The van der Waals surface area contributed by atoms with Crippen molar-refractivity contribution in [2.45, 2.75) is 20.0 Å². The first-order chi connectivity index (χ1) is 11.8. The van der Waals surface area contributed by atoms with E-state index in [2.05, 4.69) is 31.9 Å². The van der Waals surface area contributed by atoms with E-state index in [9.17, 15) is 9.59 Å². The molecule has 0 spiro atoms. The quantitative estimate of drug-likeness (QED) is 0.449. The molecule has 2 aromatic carbocycles. The van der Waals surface area contributed by atoms with Gasteiger partial charge in [-0.15, -0.1) is 0 Å². The van der Waals surface area contributed by atoms with Crippen molar-refractivity contribution in [3.63, 3.8) is 0 Å². The molecule has 2 rings (SSSR count). The van der Waals surface area contributed by atoms with Crippen LogP contribution in [0.15, 0.2) is 51.4 Å². The summed E-state index contributed by atoms with van der Waals surface area (Å²) in [6, 6.07) is 11.5. The summed E-state index contributed by atoms with van der Waals surface area (Å²) in [5.41, 5.74) is 0.392. The minimum Gasteiger partial charge on any atom is -0.481 e. The second kappa shape index (κ2) is 9.01. The molecule has 2 aromatic rings. The Morgan fingerprint density at radius 2 is 1.72 bits per heavy atom. The molecule has 0 aliphatic rings. The van der Waals surface area contributed by atoms with Crippen LogP contribution >= 0.6 is 31.9 Å². The van der Waals surface area contributed by atoms with Gasteiger partial charge in [-0.3, -0.25) is 0 Å². The second-order valence-electron chi connectivity index (χ2n) is 5.32. The Bertz CT molecular complexity index is 757. The van der Waals surface area contributed by atoms with E-state index in [1.165, 1.54) is 12.1 Å². The fraction of sp³-hybridized carbons (Fsp3) is 0.222. The number of ether oxygens (including phenoxy) is 3. The van der Waals surface area contributed by atoms with Crippen LogP contribution in [-0.2, 0) is 9.53 Å². The average Bonchev–Trinajstić information content (AvgIpc) is 2.54. The van der Waals surface area contributed by atoms with E-state index in [0.29, 0.717) is 17.1 Å². The number of carbonyl (C=O) groups is 2. The fourth-order valence-corrected chi connectivity index (χ4v) is 2.99. The molecule has 5 nitrogen and oxygen atoms in total. The molecule has 0 fully saturated rings. The molecule has 0 bridgehead atoms. The van der Waals surface area contributed by atoms with Gasteiger partial charge < -0.3 is 14.2 Å². The maximum absolute atomic E-state index is 11.9. The molecule has 0 unspecified atom stereocenters. The summed E-state index contributed by atoms with van der Waals surface area (Å²) in [5, 5.41) is 0. The monoisotopic (exact) mass is 470 g/mol. The van der Waals surface area contributed by atoms with Crippen molar-refractivity contribution >= 4 is 43.8 Å². The predicted molar refractivity (Wildman–Crippen MR) is 100.0 cm³/mol. The highest BCUT2D eigenvalue weighted by Crippen LogP contribution is 2.28. The highest BCUT2D eigenvalue weighted by Gasteiger charge is 2.11. The second-order valence-corrected chi connectivity index (χ2v) is 7.09. The van der Waals surface area contributed by atoms with Crippen molar-refractivity contribution in [2.75, 3.05) is 6.61 Å². The van der Waals surface area contributed by atoms with E-state index in [4.69, 9.17) is 14.2 Å². The molecule has 25 heavy (non-hydrogen) atoms. The predicted octanol–water partition coefficient (Wildman–Crippen LogP) is 4.76. The molecular formula is C18H16Br2O5. The van der Waals surface area contributed by atoms with E-state index in [-0.39, 0.29) is 12.7 Å². The van der Waals surface area contributed by atoms with Gasteiger partial charge in [-0.2, -0.15) is 0 Å². The van der Waals surface area contributed by atoms with Gasteiger partial charge in [0.25, 0.3) is 0 Å². The van der Waals surface area contributed by atoms with Gasteiger partial charge in [0, 0.05) is 4.47 Å². The SMILES string of the molecule is CC(C)OC(=O)c1ccc(OC(=O)COc2ccc(Br)cc2Br)cc1. The molecule has 0 heterocycles.